The molecule has 3 rings (SSSR count). The van der Waals surface area contributed by atoms with Crippen molar-refractivity contribution in [1.29, 1.82) is 0 Å². The van der Waals surface area contributed by atoms with Crippen LogP contribution in [0.15, 0.2) is 36.4 Å². The molecule has 0 aromatic heterocycles. The monoisotopic (exact) mass is 264 g/mol. The first-order valence-corrected chi connectivity index (χ1v) is 7.80. The van der Waals surface area contributed by atoms with E-state index >= 15 is 0 Å². The summed E-state index contributed by atoms with van der Waals surface area (Å²) in [6, 6.07) is 14.1. The molecule has 0 unspecified atom stereocenters. The van der Waals surface area contributed by atoms with E-state index in [0.717, 1.165) is 12.8 Å². The SMILES string of the molecule is CCc1ccc2c(c1)Cc1cc(C(C)(C)CC)ccc1-2. The molecular formula is C20H24. The van der Waals surface area contributed by atoms with Crippen molar-refractivity contribution < 1.29 is 0 Å². The lowest BCUT2D eigenvalue weighted by molar-refractivity contribution is 0.506. The highest BCUT2D eigenvalue weighted by Gasteiger charge is 2.23. The third-order valence-electron chi connectivity index (χ3n) is 5.02. The molecule has 0 N–H and O–H groups in total. The normalized spacial score (nSPS) is 13.2. The summed E-state index contributed by atoms with van der Waals surface area (Å²) in [6.45, 7) is 9.18. The first-order valence-electron chi connectivity index (χ1n) is 7.80. The van der Waals surface area contributed by atoms with E-state index in [-0.39, 0.29) is 5.41 Å². The van der Waals surface area contributed by atoms with E-state index in [4.69, 9.17) is 0 Å². The van der Waals surface area contributed by atoms with Crippen molar-refractivity contribution >= 4 is 0 Å². The van der Waals surface area contributed by atoms with Crippen LogP contribution in [0.25, 0.3) is 11.1 Å². The van der Waals surface area contributed by atoms with Gasteiger partial charge in [0.25, 0.3) is 0 Å². The first kappa shape index (κ1) is 13.4. The average Bonchev–Trinajstić information content (AvgIpc) is 2.83. The second-order valence-corrected chi connectivity index (χ2v) is 6.63. The minimum Gasteiger partial charge on any atom is -0.0646 e. The van der Waals surface area contributed by atoms with Crippen LogP contribution in [-0.2, 0) is 18.3 Å². The van der Waals surface area contributed by atoms with Crippen LogP contribution >= 0.6 is 0 Å². The fourth-order valence-corrected chi connectivity index (χ4v) is 3.11. The molecule has 1 aliphatic rings. The van der Waals surface area contributed by atoms with Gasteiger partial charge in [0, 0.05) is 0 Å². The minimum absolute atomic E-state index is 0.276. The Morgan fingerprint density at radius 2 is 1.55 bits per heavy atom. The summed E-state index contributed by atoms with van der Waals surface area (Å²) in [7, 11) is 0. The standard InChI is InChI=1S/C20H24/c1-5-14-7-9-18-15(11-14)12-16-13-17(8-10-19(16)18)20(3,4)6-2/h7-11,13H,5-6,12H2,1-4H3. The third kappa shape index (κ3) is 2.08. The topological polar surface area (TPSA) is 0 Å². The summed E-state index contributed by atoms with van der Waals surface area (Å²) in [4.78, 5) is 0. The number of benzene rings is 2. The van der Waals surface area contributed by atoms with Gasteiger partial charge in [0.2, 0.25) is 0 Å². The van der Waals surface area contributed by atoms with Crippen molar-refractivity contribution in [3.8, 4) is 11.1 Å². The largest absolute Gasteiger partial charge is 0.0646 e. The minimum atomic E-state index is 0.276. The summed E-state index contributed by atoms with van der Waals surface area (Å²) in [6.07, 6.45) is 3.41. The van der Waals surface area contributed by atoms with Crippen molar-refractivity contribution in [2.45, 2.75) is 52.4 Å². The van der Waals surface area contributed by atoms with E-state index in [0.29, 0.717) is 0 Å². The molecule has 2 aromatic carbocycles. The molecule has 0 spiro atoms. The molecule has 0 fully saturated rings. The summed E-state index contributed by atoms with van der Waals surface area (Å²) < 4.78 is 0. The van der Waals surface area contributed by atoms with E-state index in [1.165, 1.54) is 39.8 Å². The number of hydrogen-bond acceptors (Lipinski definition) is 0. The van der Waals surface area contributed by atoms with Gasteiger partial charge in [-0.1, -0.05) is 64.1 Å². The number of aryl methyl sites for hydroxylation is 1. The molecule has 0 bridgehead atoms. The van der Waals surface area contributed by atoms with Crippen LogP contribution in [0.5, 0.6) is 0 Å². The number of rotatable bonds is 3. The molecule has 0 heterocycles. The predicted octanol–water partition coefficient (Wildman–Crippen LogP) is 5.51. The molecule has 2 aromatic rings. The van der Waals surface area contributed by atoms with Gasteiger partial charge in [-0.3, -0.25) is 0 Å². The maximum absolute atomic E-state index is 2.43. The average molecular weight is 264 g/mol. The van der Waals surface area contributed by atoms with Gasteiger partial charge in [-0.2, -0.15) is 0 Å². The molecule has 1 aliphatic carbocycles. The van der Waals surface area contributed by atoms with Gasteiger partial charge in [0.15, 0.2) is 0 Å². The molecule has 0 saturated heterocycles. The van der Waals surface area contributed by atoms with Crippen molar-refractivity contribution in [3.63, 3.8) is 0 Å². The molecule has 0 atom stereocenters. The molecule has 0 amide bonds. The van der Waals surface area contributed by atoms with Crippen LogP contribution in [0.2, 0.25) is 0 Å². The predicted molar refractivity (Wildman–Crippen MR) is 87.4 cm³/mol. The highest BCUT2D eigenvalue weighted by Crippen LogP contribution is 2.39. The summed E-state index contributed by atoms with van der Waals surface area (Å²) in [5.74, 6) is 0. The lowest BCUT2D eigenvalue weighted by Gasteiger charge is -2.24. The van der Waals surface area contributed by atoms with Crippen LogP contribution in [0.4, 0.5) is 0 Å². The zero-order valence-corrected chi connectivity index (χ0v) is 13.1. The Bertz CT molecular complexity index is 647. The summed E-state index contributed by atoms with van der Waals surface area (Å²) in [5.41, 5.74) is 9.10. The van der Waals surface area contributed by atoms with Gasteiger partial charge in [0.05, 0.1) is 0 Å². The second-order valence-electron chi connectivity index (χ2n) is 6.63. The number of hydrogen-bond donors (Lipinski definition) is 0. The Kier molecular flexibility index (Phi) is 3.20. The van der Waals surface area contributed by atoms with Gasteiger partial charge < -0.3 is 0 Å². The first-order chi connectivity index (χ1) is 9.55. The number of fused-ring (bicyclic) bond motifs is 3. The van der Waals surface area contributed by atoms with E-state index in [9.17, 15) is 0 Å². The highest BCUT2D eigenvalue weighted by molar-refractivity contribution is 5.77. The van der Waals surface area contributed by atoms with Gasteiger partial charge in [-0.15, -0.1) is 0 Å². The van der Waals surface area contributed by atoms with Gasteiger partial charge in [0.1, 0.15) is 0 Å². The van der Waals surface area contributed by atoms with Crippen molar-refractivity contribution in [1.82, 2.24) is 0 Å². The van der Waals surface area contributed by atoms with Crippen molar-refractivity contribution in [2.24, 2.45) is 0 Å². The van der Waals surface area contributed by atoms with Gasteiger partial charge in [-0.25, -0.2) is 0 Å². The van der Waals surface area contributed by atoms with Crippen LogP contribution in [0, 0.1) is 0 Å². The quantitative estimate of drug-likeness (QED) is 0.585. The Morgan fingerprint density at radius 1 is 0.900 bits per heavy atom. The summed E-state index contributed by atoms with van der Waals surface area (Å²) in [5, 5.41) is 0. The lowest BCUT2D eigenvalue weighted by atomic mass is 9.81. The molecule has 0 nitrogen and oxygen atoms in total. The maximum Gasteiger partial charge on any atom is -0.00132 e. The smallest absolute Gasteiger partial charge is 0.00132 e. The molecule has 0 saturated carbocycles. The molecule has 104 valence electrons. The Hall–Kier alpha value is -1.56. The Morgan fingerprint density at radius 3 is 2.20 bits per heavy atom. The Labute approximate surface area is 122 Å². The lowest BCUT2D eigenvalue weighted by Crippen LogP contribution is -2.15. The van der Waals surface area contributed by atoms with Gasteiger partial charge in [-0.05, 0) is 58.1 Å². The molecule has 0 aliphatic heterocycles. The van der Waals surface area contributed by atoms with E-state index < -0.39 is 0 Å². The fourth-order valence-electron chi connectivity index (χ4n) is 3.11. The van der Waals surface area contributed by atoms with Crippen LogP contribution in [0.3, 0.4) is 0 Å². The third-order valence-corrected chi connectivity index (χ3v) is 5.02. The zero-order chi connectivity index (χ0) is 14.3. The molecule has 0 heteroatoms. The van der Waals surface area contributed by atoms with Crippen LogP contribution < -0.4 is 0 Å². The van der Waals surface area contributed by atoms with E-state index in [2.05, 4.69) is 64.1 Å². The van der Waals surface area contributed by atoms with Crippen molar-refractivity contribution in [2.75, 3.05) is 0 Å². The molecule has 0 radical (unpaired) electrons. The molecule has 20 heavy (non-hydrogen) atoms. The Balaban J connectivity index is 2.04. The maximum atomic E-state index is 2.43. The zero-order valence-electron chi connectivity index (χ0n) is 13.1. The van der Waals surface area contributed by atoms with Crippen LogP contribution in [0.1, 0.15) is 56.4 Å². The van der Waals surface area contributed by atoms with E-state index in [1.807, 2.05) is 0 Å². The van der Waals surface area contributed by atoms with Crippen LogP contribution in [-0.4, -0.2) is 0 Å². The fraction of sp³-hybridized carbons (Fsp3) is 0.400. The second kappa shape index (κ2) is 4.77. The highest BCUT2D eigenvalue weighted by atomic mass is 14.3. The summed E-state index contributed by atoms with van der Waals surface area (Å²) >= 11 is 0. The van der Waals surface area contributed by atoms with E-state index in [1.54, 1.807) is 0 Å². The van der Waals surface area contributed by atoms with Crippen molar-refractivity contribution in [3.05, 3.63) is 58.7 Å². The molecular weight excluding hydrogens is 240 g/mol. The van der Waals surface area contributed by atoms with Gasteiger partial charge >= 0.3 is 0 Å².